The van der Waals surface area contributed by atoms with E-state index in [1.807, 2.05) is 0 Å². The van der Waals surface area contributed by atoms with E-state index in [0.717, 1.165) is 6.61 Å². The lowest BCUT2D eigenvalue weighted by Crippen LogP contribution is -2.38. The fourth-order valence-electron chi connectivity index (χ4n) is 2.32. The Morgan fingerprint density at radius 2 is 2.15 bits per heavy atom. The molecule has 0 saturated carbocycles. The van der Waals surface area contributed by atoms with Gasteiger partial charge in [0.25, 0.3) is 0 Å². The Bertz CT molecular complexity index is 252. The highest BCUT2D eigenvalue weighted by molar-refractivity contribution is 5.24. The second-order valence-electron chi connectivity index (χ2n) is 4.41. The van der Waals surface area contributed by atoms with Gasteiger partial charge in [-0.1, -0.05) is 30.7 Å². The smallest absolute Gasteiger partial charge is 0.0578 e. The fraction of sp³-hybridized carbons (Fsp3) is 0.667. The van der Waals surface area contributed by atoms with Gasteiger partial charge < -0.3 is 4.74 Å². The molecule has 0 N–H and O–H groups in total. The van der Waals surface area contributed by atoms with E-state index in [1.165, 1.54) is 5.57 Å². The number of hydrogen-bond donors (Lipinski definition) is 0. The Balaban J connectivity index is 2.19. The van der Waals surface area contributed by atoms with E-state index in [1.54, 1.807) is 0 Å². The molecule has 1 saturated heterocycles. The van der Waals surface area contributed by atoms with Gasteiger partial charge >= 0.3 is 0 Å². The van der Waals surface area contributed by atoms with E-state index in [-0.39, 0.29) is 0 Å². The van der Waals surface area contributed by atoms with Crippen molar-refractivity contribution in [2.75, 3.05) is 6.61 Å². The van der Waals surface area contributed by atoms with Crippen LogP contribution in [0.25, 0.3) is 0 Å². The zero-order valence-corrected chi connectivity index (χ0v) is 8.66. The van der Waals surface area contributed by atoms with Gasteiger partial charge in [0.05, 0.1) is 12.7 Å². The van der Waals surface area contributed by atoms with Crippen LogP contribution in [0.1, 0.15) is 20.8 Å². The number of fused-ring (bicyclic) bond motifs is 1. The van der Waals surface area contributed by atoms with Crippen molar-refractivity contribution in [3.8, 4) is 0 Å². The van der Waals surface area contributed by atoms with Gasteiger partial charge in [0, 0.05) is 5.92 Å². The summed E-state index contributed by atoms with van der Waals surface area (Å²) in [5.41, 5.74) is 1.40. The number of rotatable bonds is 0. The van der Waals surface area contributed by atoms with Crippen LogP contribution in [0.2, 0.25) is 0 Å². The molecule has 1 fully saturated rings. The Hall–Kier alpha value is -0.560. The lowest BCUT2D eigenvalue weighted by molar-refractivity contribution is -0.0512. The van der Waals surface area contributed by atoms with Crippen molar-refractivity contribution in [1.29, 1.82) is 0 Å². The quantitative estimate of drug-likeness (QED) is 0.554. The van der Waals surface area contributed by atoms with E-state index < -0.39 is 0 Å². The van der Waals surface area contributed by atoms with Crippen LogP contribution in [0, 0.1) is 17.8 Å². The van der Waals surface area contributed by atoms with Crippen LogP contribution in [0.5, 0.6) is 0 Å². The molecule has 2 aliphatic rings. The van der Waals surface area contributed by atoms with Gasteiger partial charge in [-0.25, -0.2) is 0 Å². The first-order chi connectivity index (χ1) is 6.18. The molecule has 0 aromatic rings. The highest BCUT2D eigenvalue weighted by atomic mass is 16.5. The predicted octanol–water partition coefficient (Wildman–Crippen LogP) is 2.79. The summed E-state index contributed by atoms with van der Waals surface area (Å²) in [4.78, 5) is 0. The van der Waals surface area contributed by atoms with Gasteiger partial charge in [0.1, 0.15) is 0 Å². The molecule has 0 aromatic carbocycles. The minimum absolute atomic E-state index is 0.414. The molecule has 4 atom stereocenters. The van der Waals surface area contributed by atoms with E-state index in [4.69, 9.17) is 4.74 Å². The second kappa shape index (κ2) is 3.30. The molecule has 0 amide bonds. The average Bonchev–Trinajstić information content (AvgIpc) is 2.12. The van der Waals surface area contributed by atoms with Crippen molar-refractivity contribution in [3.63, 3.8) is 0 Å². The van der Waals surface area contributed by atoms with Crippen molar-refractivity contribution >= 4 is 0 Å². The van der Waals surface area contributed by atoms with E-state index >= 15 is 0 Å². The zero-order valence-electron chi connectivity index (χ0n) is 8.66. The SMILES string of the molecule is CC1=CC2C(C=C1)CO[C@@H](C)[C@H]2C. The Morgan fingerprint density at radius 3 is 2.92 bits per heavy atom. The van der Waals surface area contributed by atoms with Gasteiger partial charge in [-0.15, -0.1) is 0 Å². The molecule has 1 aliphatic heterocycles. The maximum absolute atomic E-state index is 5.71. The molecule has 0 spiro atoms. The van der Waals surface area contributed by atoms with Crippen LogP contribution >= 0.6 is 0 Å². The van der Waals surface area contributed by atoms with Crippen molar-refractivity contribution in [2.24, 2.45) is 17.8 Å². The molecule has 72 valence electrons. The molecule has 1 aliphatic carbocycles. The minimum Gasteiger partial charge on any atom is -0.378 e. The lowest BCUT2D eigenvalue weighted by Gasteiger charge is -2.39. The van der Waals surface area contributed by atoms with Crippen LogP contribution in [-0.4, -0.2) is 12.7 Å². The molecule has 13 heavy (non-hydrogen) atoms. The van der Waals surface area contributed by atoms with Crippen LogP contribution < -0.4 is 0 Å². The third-order valence-electron chi connectivity index (χ3n) is 3.46. The van der Waals surface area contributed by atoms with Crippen molar-refractivity contribution in [3.05, 3.63) is 23.8 Å². The third kappa shape index (κ3) is 1.58. The summed E-state index contributed by atoms with van der Waals surface area (Å²) in [5.74, 6) is 1.97. The third-order valence-corrected chi connectivity index (χ3v) is 3.46. The second-order valence-corrected chi connectivity index (χ2v) is 4.41. The van der Waals surface area contributed by atoms with E-state index in [0.29, 0.717) is 23.9 Å². The van der Waals surface area contributed by atoms with Crippen LogP contribution in [0.15, 0.2) is 23.8 Å². The zero-order chi connectivity index (χ0) is 9.42. The maximum Gasteiger partial charge on any atom is 0.0578 e. The average molecular weight is 178 g/mol. The summed E-state index contributed by atoms with van der Waals surface area (Å²) < 4.78 is 5.71. The largest absolute Gasteiger partial charge is 0.378 e. The molecule has 0 radical (unpaired) electrons. The van der Waals surface area contributed by atoms with Gasteiger partial charge in [0.15, 0.2) is 0 Å². The number of ether oxygens (including phenoxy) is 1. The molecule has 0 aromatic heterocycles. The molecule has 2 rings (SSSR count). The first-order valence-electron chi connectivity index (χ1n) is 5.16. The molecule has 0 bridgehead atoms. The summed E-state index contributed by atoms with van der Waals surface area (Å²) >= 11 is 0. The molecule has 1 heteroatoms. The van der Waals surface area contributed by atoms with Gasteiger partial charge in [-0.05, 0) is 25.7 Å². The number of allylic oxidation sites excluding steroid dienone is 3. The monoisotopic (exact) mass is 178 g/mol. The van der Waals surface area contributed by atoms with Crippen LogP contribution in [0.3, 0.4) is 0 Å². The van der Waals surface area contributed by atoms with Crippen molar-refractivity contribution in [2.45, 2.75) is 26.9 Å². The molecule has 1 heterocycles. The molecule has 2 unspecified atom stereocenters. The molecular formula is C12H18O. The number of hydrogen-bond acceptors (Lipinski definition) is 1. The summed E-state index contributed by atoms with van der Waals surface area (Å²) in [6, 6.07) is 0. The highest BCUT2D eigenvalue weighted by Crippen LogP contribution is 2.36. The first kappa shape index (κ1) is 9.01. The van der Waals surface area contributed by atoms with E-state index in [9.17, 15) is 0 Å². The summed E-state index contributed by atoms with van der Waals surface area (Å²) in [7, 11) is 0. The van der Waals surface area contributed by atoms with Crippen LogP contribution in [0.4, 0.5) is 0 Å². The van der Waals surface area contributed by atoms with Crippen molar-refractivity contribution in [1.82, 2.24) is 0 Å². The van der Waals surface area contributed by atoms with Gasteiger partial charge in [-0.3, -0.25) is 0 Å². The Kier molecular flexibility index (Phi) is 2.29. The summed E-state index contributed by atoms with van der Waals surface area (Å²) in [6.07, 6.45) is 7.35. The predicted molar refractivity (Wildman–Crippen MR) is 54.5 cm³/mol. The summed E-state index contributed by atoms with van der Waals surface area (Å²) in [6.45, 7) is 7.56. The normalized spacial score (nSPS) is 44.1. The first-order valence-corrected chi connectivity index (χ1v) is 5.16. The standard InChI is InChI=1S/C12H18O/c1-8-4-5-11-7-13-10(3)9(2)12(11)6-8/h4-6,9-12H,7H2,1-3H3/t9-,10+,11?,12?/m1/s1. The highest BCUT2D eigenvalue weighted by Gasteiger charge is 2.33. The van der Waals surface area contributed by atoms with Gasteiger partial charge in [-0.2, -0.15) is 0 Å². The minimum atomic E-state index is 0.414. The van der Waals surface area contributed by atoms with Gasteiger partial charge in [0.2, 0.25) is 0 Å². The van der Waals surface area contributed by atoms with Crippen LogP contribution in [-0.2, 0) is 4.74 Å². The lowest BCUT2D eigenvalue weighted by atomic mass is 9.75. The molecular weight excluding hydrogens is 160 g/mol. The fourth-order valence-corrected chi connectivity index (χ4v) is 2.32. The Morgan fingerprint density at radius 1 is 1.38 bits per heavy atom. The van der Waals surface area contributed by atoms with Crippen molar-refractivity contribution < 1.29 is 4.74 Å². The summed E-state index contributed by atoms with van der Waals surface area (Å²) in [5, 5.41) is 0. The Labute approximate surface area is 80.5 Å². The maximum atomic E-state index is 5.71. The van der Waals surface area contributed by atoms with E-state index in [2.05, 4.69) is 39.0 Å². The molecule has 1 nitrogen and oxygen atoms in total. The topological polar surface area (TPSA) is 9.23 Å².